The van der Waals surface area contributed by atoms with Gasteiger partial charge in [0.2, 0.25) is 0 Å². The Morgan fingerprint density at radius 2 is 1.82 bits per heavy atom. The summed E-state index contributed by atoms with van der Waals surface area (Å²) in [5.74, 6) is -0.117. The maximum Gasteiger partial charge on any atom is 0.395 e. The number of halogens is 1. The van der Waals surface area contributed by atoms with Crippen LogP contribution in [0.15, 0.2) is 41.2 Å². The molecular weight excluding hydrogens is 563 g/mol. The highest BCUT2D eigenvalue weighted by molar-refractivity contribution is 14.1. The van der Waals surface area contributed by atoms with E-state index in [1.54, 1.807) is 30.3 Å². The number of aromatic hydroxyl groups is 1. The van der Waals surface area contributed by atoms with Crippen molar-refractivity contribution >= 4 is 46.1 Å². The van der Waals surface area contributed by atoms with E-state index in [1.165, 1.54) is 18.2 Å². The first-order valence-electron chi connectivity index (χ1n) is 9.67. The summed E-state index contributed by atoms with van der Waals surface area (Å²) < 4.78 is 12.3. The maximum absolute atomic E-state index is 11.8. The van der Waals surface area contributed by atoms with Gasteiger partial charge in [0, 0.05) is 12.1 Å². The molecule has 0 unspecified atom stereocenters. The Bertz CT molecular complexity index is 1320. The molecule has 1 heterocycles. The van der Waals surface area contributed by atoms with Crippen molar-refractivity contribution in [1.29, 1.82) is 0 Å². The zero-order valence-electron chi connectivity index (χ0n) is 17.6. The van der Waals surface area contributed by atoms with Crippen LogP contribution < -0.4 is 15.0 Å². The van der Waals surface area contributed by atoms with Gasteiger partial charge in [-0.2, -0.15) is 4.98 Å². The quantitative estimate of drug-likeness (QED) is 0.215. The molecule has 2 N–H and O–H groups in total. The molecule has 1 aromatic heterocycles. The van der Waals surface area contributed by atoms with Crippen LogP contribution in [0.4, 0.5) is 11.4 Å². The summed E-state index contributed by atoms with van der Waals surface area (Å²) in [6.07, 6.45) is 2.96. The van der Waals surface area contributed by atoms with Crippen LogP contribution in [0.25, 0.3) is 12.2 Å². The predicted octanol–water partition coefficient (Wildman–Crippen LogP) is 4.04. The Labute approximate surface area is 205 Å². The van der Waals surface area contributed by atoms with Gasteiger partial charge in [0.25, 0.3) is 11.6 Å². The van der Waals surface area contributed by atoms with E-state index < -0.39 is 27.0 Å². The molecule has 176 valence electrons. The fourth-order valence-electron chi connectivity index (χ4n) is 2.85. The van der Waals surface area contributed by atoms with Crippen LogP contribution >= 0.6 is 22.6 Å². The lowest BCUT2D eigenvalue weighted by Crippen LogP contribution is -2.14. The lowest BCUT2D eigenvalue weighted by Gasteiger charge is -2.15. The van der Waals surface area contributed by atoms with Gasteiger partial charge in [-0.25, -0.2) is 0 Å². The van der Waals surface area contributed by atoms with E-state index in [0.29, 0.717) is 27.2 Å². The molecule has 2 aromatic carbocycles. The fourth-order valence-corrected chi connectivity index (χ4v) is 3.63. The first-order chi connectivity index (χ1) is 16.2. The topological polar surface area (TPSA) is 171 Å². The number of non-ortho nitro benzene ring substituents is 1. The van der Waals surface area contributed by atoms with Gasteiger partial charge in [-0.1, -0.05) is 6.08 Å². The summed E-state index contributed by atoms with van der Waals surface area (Å²) in [6, 6.07) is 9.47. The molecule has 34 heavy (non-hydrogen) atoms. The number of aromatic amines is 1. The normalized spacial score (nSPS) is 10.9. The number of benzene rings is 2. The van der Waals surface area contributed by atoms with Crippen LogP contribution in [-0.4, -0.2) is 31.5 Å². The maximum atomic E-state index is 11.8. The first kappa shape index (κ1) is 24.6. The summed E-state index contributed by atoms with van der Waals surface area (Å²) in [7, 11) is 0. The zero-order valence-corrected chi connectivity index (χ0v) is 19.7. The standard InChI is InChI=1S/C21H17IN4O8/c1-2-33-16-10-13(5-8-17-23-20(27)18(26(31)32)21(28)24-17)9-15(22)19(16)34-11-12-3-6-14(7-4-12)25(29)30/h3-10H,2,11H2,1H3,(H2,23,24,27,28)/b8-5-. The van der Waals surface area contributed by atoms with E-state index in [2.05, 4.69) is 32.6 Å². The van der Waals surface area contributed by atoms with Crippen molar-refractivity contribution in [3.63, 3.8) is 0 Å². The monoisotopic (exact) mass is 580 g/mol. The molecule has 3 aromatic rings. The number of hydrogen-bond donors (Lipinski definition) is 2. The number of rotatable bonds is 9. The Morgan fingerprint density at radius 1 is 1.12 bits per heavy atom. The van der Waals surface area contributed by atoms with Gasteiger partial charge >= 0.3 is 11.2 Å². The molecule has 0 aliphatic rings. The average molecular weight is 580 g/mol. The summed E-state index contributed by atoms with van der Waals surface area (Å²) in [6.45, 7) is 2.34. The third-order valence-corrected chi connectivity index (χ3v) is 5.17. The lowest BCUT2D eigenvalue weighted by molar-refractivity contribution is -0.387. The second kappa shape index (κ2) is 10.7. The molecule has 0 spiro atoms. The van der Waals surface area contributed by atoms with Gasteiger partial charge in [-0.05, 0) is 71.0 Å². The van der Waals surface area contributed by atoms with Gasteiger partial charge < -0.3 is 19.6 Å². The number of nitro groups is 2. The number of nitrogens with one attached hydrogen (secondary N) is 1. The van der Waals surface area contributed by atoms with Crippen LogP contribution in [0.5, 0.6) is 17.4 Å². The van der Waals surface area contributed by atoms with Gasteiger partial charge in [-0.15, -0.1) is 0 Å². The molecule has 13 heteroatoms. The van der Waals surface area contributed by atoms with Gasteiger partial charge in [0.05, 0.1) is 20.0 Å². The van der Waals surface area contributed by atoms with Crippen molar-refractivity contribution in [3.05, 3.63) is 87.5 Å². The van der Waals surface area contributed by atoms with Crippen molar-refractivity contribution in [3.8, 4) is 17.4 Å². The Balaban J connectivity index is 1.83. The SMILES string of the molecule is CCOc1cc(/C=C\c2nc(O)c([N+](=O)[O-])c(=O)[nH]2)cc(I)c1OCc1ccc([N+](=O)[O-])cc1. The van der Waals surface area contributed by atoms with Crippen molar-refractivity contribution in [2.24, 2.45) is 0 Å². The largest absolute Gasteiger partial charge is 0.490 e. The smallest absolute Gasteiger partial charge is 0.395 e. The van der Waals surface area contributed by atoms with Crippen LogP contribution in [0.2, 0.25) is 0 Å². The van der Waals surface area contributed by atoms with E-state index in [0.717, 1.165) is 5.56 Å². The van der Waals surface area contributed by atoms with E-state index >= 15 is 0 Å². The highest BCUT2D eigenvalue weighted by Gasteiger charge is 2.21. The van der Waals surface area contributed by atoms with Gasteiger partial charge in [-0.3, -0.25) is 25.0 Å². The molecule has 0 radical (unpaired) electrons. The Morgan fingerprint density at radius 3 is 2.41 bits per heavy atom. The minimum atomic E-state index is -1.07. The number of H-pyrrole nitrogens is 1. The number of hydrogen-bond acceptors (Lipinski definition) is 9. The molecule has 0 atom stereocenters. The number of nitro benzene ring substituents is 1. The lowest BCUT2D eigenvalue weighted by atomic mass is 10.1. The molecule has 0 aliphatic heterocycles. The highest BCUT2D eigenvalue weighted by Crippen LogP contribution is 2.35. The summed E-state index contributed by atoms with van der Waals surface area (Å²) in [5.41, 5.74) is -0.727. The zero-order chi connectivity index (χ0) is 24.8. The molecule has 0 amide bonds. The van der Waals surface area contributed by atoms with Crippen molar-refractivity contribution in [2.45, 2.75) is 13.5 Å². The Hall–Kier alpha value is -4.01. The van der Waals surface area contributed by atoms with Gasteiger partial charge in [0.15, 0.2) is 11.5 Å². The van der Waals surface area contributed by atoms with E-state index in [9.17, 15) is 30.1 Å². The summed E-state index contributed by atoms with van der Waals surface area (Å²) in [5, 5.41) is 31.2. The average Bonchev–Trinajstić information content (AvgIpc) is 2.77. The summed E-state index contributed by atoms with van der Waals surface area (Å²) in [4.78, 5) is 37.7. The Kier molecular flexibility index (Phi) is 7.78. The minimum absolute atomic E-state index is 0.0124. The molecule has 0 saturated carbocycles. The predicted molar refractivity (Wildman–Crippen MR) is 130 cm³/mol. The van der Waals surface area contributed by atoms with Crippen LogP contribution in [0.1, 0.15) is 23.9 Å². The molecule has 3 rings (SSSR count). The minimum Gasteiger partial charge on any atom is -0.490 e. The van der Waals surface area contributed by atoms with E-state index in [4.69, 9.17) is 9.47 Å². The number of aromatic nitrogens is 2. The van der Waals surface area contributed by atoms with Crippen molar-refractivity contribution in [2.75, 3.05) is 6.61 Å². The van der Waals surface area contributed by atoms with Crippen LogP contribution in [-0.2, 0) is 6.61 Å². The van der Waals surface area contributed by atoms with Crippen molar-refractivity contribution in [1.82, 2.24) is 9.97 Å². The van der Waals surface area contributed by atoms with Gasteiger partial charge in [0.1, 0.15) is 12.4 Å². The summed E-state index contributed by atoms with van der Waals surface area (Å²) >= 11 is 2.07. The molecular formula is C21H17IN4O8. The molecule has 12 nitrogen and oxygen atoms in total. The fraction of sp³-hybridized carbons (Fsp3) is 0.143. The second-order valence-corrected chi connectivity index (χ2v) is 7.85. The van der Waals surface area contributed by atoms with E-state index in [1.807, 2.05) is 6.92 Å². The number of ether oxygens (including phenoxy) is 2. The van der Waals surface area contributed by atoms with Crippen LogP contribution in [0, 0.1) is 23.8 Å². The van der Waals surface area contributed by atoms with E-state index in [-0.39, 0.29) is 18.1 Å². The van der Waals surface area contributed by atoms with Crippen LogP contribution in [0.3, 0.4) is 0 Å². The highest BCUT2D eigenvalue weighted by atomic mass is 127. The third-order valence-electron chi connectivity index (χ3n) is 4.37. The third kappa shape index (κ3) is 5.86. The second-order valence-electron chi connectivity index (χ2n) is 6.69. The van der Waals surface area contributed by atoms with Crippen molar-refractivity contribution < 1.29 is 24.4 Å². The number of nitrogens with zero attached hydrogens (tertiary/aromatic N) is 3. The first-order valence-corrected chi connectivity index (χ1v) is 10.8. The molecule has 0 fully saturated rings. The molecule has 0 bridgehead atoms. The molecule has 0 saturated heterocycles. The molecule has 0 aliphatic carbocycles.